The van der Waals surface area contributed by atoms with Gasteiger partial charge in [0.25, 0.3) is 5.82 Å². The highest BCUT2D eigenvalue weighted by Gasteiger charge is 2.30. The van der Waals surface area contributed by atoms with Crippen molar-refractivity contribution in [2.75, 3.05) is 0 Å². The monoisotopic (exact) mass is 434 g/mol. The highest BCUT2D eigenvalue weighted by Crippen LogP contribution is 2.41. The molecule has 0 saturated carbocycles. The molecule has 3 aromatic heterocycles. The predicted octanol–water partition coefficient (Wildman–Crippen LogP) is 6.81. The molecule has 0 amide bonds. The lowest BCUT2D eigenvalue weighted by atomic mass is 10.0. The standard InChI is InChI=1S/C28H24N3S/c1-17-16-22-21-10-5-8-14-25(21)32-27(22)18(2)26(17)31-24-13-7-6-12-23(24)30(4)28(31)20-11-9-15-29-19(20)3/h5-16H,1-4H3/q+1. The predicted molar refractivity (Wildman–Crippen MR) is 135 cm³/mol. The minimum atomic E-state index is 1.03. The molecule has 0 spiro atoms. The molecule has 0 aliphatic rings. The van der Waals surface area contributed by atoms with Gasteiger partial charge in [-0.05, 0) is 62.7 Å². The molecule has 6 rings (SSSR count). The fraction of sp³-hybridized carbons (Fsp3) is 0.143. The number of rotatable bonds is 2. The fourth-order valence-electron chi connectivity index (χ4n) is 5.08. The van der Waals surface area contributed by atoms with E-state index in [4.69, 9.17) is 0 Å². The van der Waals surface area contributed by atoms with Crippen LogP contribution in [-0.4, -0.2) is 9.55 Å². The Labute approximate surface area is 191 Å². The number of thiophene rings is 1. The molecule has 0 saturated heterocycles. The van der Waals surface area contributed by atoms with E-state index in [1.807, 2.05) is 23.6 Å². The number of aromatic nitrogens is 3. The number of hydrogen-bond acceptors (Lipinski definition) is 2. The van der Waals surface area contributed by atoms with Crippen LogP contribution in [0.1, 0.15) is 16.8 Å². The first-order valence-electron chi connectivity index (χ1n) is 10.9. The first kappa shape index (κ1) is 19.2. The maximum absolute atomic E-state index is 4.60. The molecule has 0 unspecified atom stereocenters. The van der Waals surface area contributed by atoms with E-state index in [0.29, 0.717) is 0 Å². The van der Waals surface area contributed by atoms with Crippen LogP contribution < -0.4 is 4.57 Å². The Bertz CT molecular complexity index is 1670. The third kappa shape index (κ3) is 2.59. The number of benzene rings is 3. The Morgan fingerprint density at radius 2 is 1.66 bits per heavy atom. The van der Waals surface area contributed by atoms with Gasteiger partial charge in [0.15, 0.2) is 11.0 Å². The molecule has 0 atom stereocenters. The summed E-state index contributed by atoms with van der Waals surface area (Å²) in [6, 6.07) is 24.0. The summed E-state index contributed by atoms with van der Waals surface area (Å²) in [7, 11) is 2.16. The average Bonchev–Trinajstić information content (AvgIpc) is 3.31. The molecule has 0 N–H and O–H groups in total. The van der Waals surface area contributed by atoms with E-state index in [1.54, 1.807) is 0 Å². The smallest absolute Gasteiger partial charge is 0.261 e. The summed E-state index contributed by atoms with van der Waals surface area (Å²) >= 11 is 1.89. The van der Waals surface area contributed by atoms with Crippen molar-refractivity contribution < 1.29 is 4.57 Å². The second-order valence-corrected chi connectivity index (χ2v) is 9.54. The molecule has 156 valence electrons. The first-order valence-corrected chi connectivity index (χ1v) is 11.7. The van der Waals surface area contributed by atoms with Crippen LogP contribution in [0.5, 0.6) is 0 Å². The zero-order chi connectivity index (χ0) is 22.0. The van der Waals surface area contributed by atoms with Gasteiger partial charge in [-0.15, -0.1) is 11.3 Å². The normalized spacial score (nSPS) is 11.8. The molecule has 0 fully saturated rings. The molecule has 0 bridgehead atoms. The van der Waals surface area contributed by atoms with Crippen molar-refractivity contribution in [2.24, 2.45) is 7.05 Å². The minimum absolute atomic E-state index is 1.03. The van der Waals surface area contributed by atoms with E-state index in [9.17, 15) is 0 Å². The fourth-order valence-corrected chi connectivity index (χ4v) is 6.27. The van der Waals surface area contributed by atoms with E-state index in [2.05, 4.69) is 103 Å². The van der Waals surface area contributed by atoms with Crippen LogP contribution in [0.2, 0.25) is 0 Å². The topological polar surface area (TPSA) is 21.7 Å². The number of imidazole rings is 1. The number of para-hydroxylation sites is 2. The maximum atomic E-state index is 4.60. The van der Waals surface area contributed by atoms with Gasteiger partial charge >= 0.3 is 0 Å². The number of fused-ring (bicyclic) bond motifs is 4. The summed E-state index contributed by atoms with van der Waals surface area (Å²) in [6.07, 6.45) is 1.87. The van der Waals surface area contributed by atoms with Gasteiger partial charge in [-0.1, -0.05) is 30.3 Å². The third-order valence-corrected chi connectivity index (χ3v) is 7.86. The molecule has 6 aromatic rings. The van der Waals surface area contributed by atoms with E-state index >= 15 is 0 Å². The van der Waals surface area contributed by atoms with Crippen molar-refractivity contribution in [3.63, 3.8) is 0 Å². The highest BCUT2D eigenvalue weighted by molar-refractivity contribution is 7.26. The van der Waals surface area contributed by atoms with Crippen LogP contribution >= 0.6 is 11.3 Å². The van der Waals surface area contributed by atoms with Gasteiger partial charge in [0.2, 0.25) is 0 Å². The van der Waals surface area contributed by atoms with Crippen LogP contribution in [-0.2, 0) is 7.05 Å². The number of aryl methyl sites for hydroxylation is 4. The Balaban J connectivity index is 1.79. The van der Waals surface area contributed by atoms with Crippen molar-refractivity contribution in [2.45, 2.75) is 20.8 Å². The Hall–Kier alpha value is -3.50. The van der Waals surface area contributed by atoms with Crippen LogP contribution in [0.3, 0.4) is 0 Å². The number of pyridine rings is 1. The Morgan fingerprint density at radius 1 is 0.875 bits per heavy atom. The Kier molecular flexibility index (Phi) is 4.21. The Morgan fingerprint density at radius 3 is 2.50 bits per heavy atom. The highest BCUT2D eigenvalue weighted by atomic mass is 32.1. The molecule has 4 heteroatoms. The van der Waals surface area contributed by atoms with E-state index in [1.165, 1.54) is 48.0 Å². The van der Waals surface area contributed by atoms with Gasteiger partial charge in [-0.2, -0.15) is 4.57 Å². The van der Waals surface area contributed by atoms with Gasteiger partial charge in [0.05, 0.1) is 18.3 Å². The summed E-state index contributed by atoms with van der Waals surface area (Å²) in [5.41, 5.74) is 8.47. The summed E-state index contributed by atoms with van der Waals surface area (Å²) in [5.74, 6) is 1.16. The van der Waals surface area contributed by atoms with Gasteiger partial charge in [0.1, 0.15) is 5.69 Å². The molecule has 3 heterocycles. The van der Waals surface area contributed by atoms with Gasteiger partial charge in [0, 0.05) is 31.9 Å². The summed E-state index contributed by atoms with van der Waals surface area (Å²) in [5, 5.41) is 2.70. The molecule has 32 heavy (non-hydrogen) atoms. The summed E-state index contributed by atoms with van der Waals surface area (Å²) < 4.78 is 7.44. The second-order valence-electron chi connectivity index (χ2n) is 8.49. The van der Waals surface area contributed by atoms with Crippen LogP contribution in [0.4, 0.5) is 0 Å². The average molecular weight is 435 g/mol. The third-order valence-electron chi connectivity index (χ3n) is 6.55. The lowest BCUT2D eigenvalue weighted by molar-refractivity contribution is -0.633. The zero-order valence-corrected chi connectivity index (χ0v) is 19.5. The molecule has 0 aliphatic carbocycles. The van der Waals surface area contributed by atoms with Crippen molar-refractivity contribution in [3.05, 3.63) is 89.7 Å². The number of hydrogen-bond donors (Lipinski definition) is 0. The molecular formula is C28H24N3S+. The van der Waals surface area contributed by atoms with Crippen LogP contribution in [0.25, 0.3) is 48.3 Å². The SMILES string of the molecule is Cc1cc2c(sc3ccccc32)c(C)c1-n1c(-c2cccnc2C)[n+](C)c2ccccc21. The summed E-state index contributed by atoms with van der Waals surface area (Å²) in [6.45, 7) is 6.60. The van der Waals surface area contributed by atoms with E-state index in [-0.39, 0.29) is 0 Å². The van der Waals surface area contributed by atoms with Gasteiger partial charge < -0.3 is 0 Å². The van der Waals surface area contributed by atoms with Crippen molar-refractivity contribution in [1.29, 1.82) is 0 Å². The van der Waals surface area contributed by atoms with Crippen LogP contribution in [0, 0.1) is 20.8 Å². The largest absolute Gasteiger partial charge is 0.296 e. The van der Waals surface area contributed by atoms with E-state index in [0.717, 1.165) is 17.1 Å². The van der Waals surface area contributed by atoms with Gasteiger partial charge in [-0.3, -0.25) is 4.98 Å². The lowest BCUT2D eigenvalue weighted by Crippen LogP contribution is -2.30. The van der Waals surface area contributed by atoms with Crippen molar-refractivity contribution >= 4 is 42.5 Å². The van der Waals surface area contributed by atoms with Gasteiger partial charge in [-0.25, -0.2) is 4.57 Å². The molecule has 0 aliphatic heterocycles. The molecule has 0 radical (unpaired) electrons. The minimum Gasteiger partial charge on any atom is -0.261 e. The summed E-state index contributed by atoms with van der Waals surface area (Å²) in [4.78, 5) is 4.60. The quantitative estimate of drug-likeness (QED) is 0.274. The second kappa shape index (κ2) is 7.01. The maximum Gasteiger partial charge on any atom is 0.296 e. The molecular weight excluding hydrogens is 410 g/mol. The first-order chi connectivity index (χ1) is 15.6. The molecule has 3 nitrogen and oxygen atoms in total. The van der Waals surface area contributed by atoms with Crippen molar-refractivity contribution in [3.8, 4) is 17.1 Å². The zero-order valence-electron chi connectivity index (χ0n) is 18.7. The number of nitrogens with zero attached hydrogens (tertiary/aromatic N) is 3. The van der Waals surface area contributed by atoms with E-state index < -0.39 is 0 Å². The molecule has 3 aromatic carbocycles. The van der Waals surface area contributed by atoms with Crippen LogP contribution in [0.15, 0.2) is 72.9 Å². The van der Waals surface area contributed by atoms with Crippen molar-refractivity contribution in [1.82, 2.24) is 9.55 Å². The lowest BCUT2D eigenvalue weighted by Gasteiger charge is -2.12.